The van der Waals surface area contributed by atoms with Gasteiger partial charge in [-0.25, -0.2) is 9.78 Å². The fourth-order valence-corrected chi connectivity index (χ4v) is 2.85. The minimum atomic E-state index is -0.769. The molecule has 1 aromatic rings. The van der Waals surface area contributed by atoms with Crippen LogP contribution < -0.4 is 5.32 Å². The molecule has 0 bridgehead atoms. The van der Waals surface area contributed by atoms with Gasteiger partial charge in [0.2, 0.25) is 0 Å². The second-order valence-electron chi connectivity index (χ2n) is 4.74. The third-order valence-electron chi connectivity index (χ3n) is 3.39. The number of carbonyl (C=O) groups is 2. The molecular formula is C12H17N3O3S. The van der Waals surface area contributed by atoms with Crippen LogP contribution in [0, 0.1) is 5.92 Å². The van der Waals surface area contributed by atoms with Crippen molar-refractivity contribution in [3.8, 4) is 0 Å². The van der Waals surface area contributed by atoms with Crippen molar-refractivity contribution in [3.63, 3.8) is 0 Å². The number of carboxylic acids is 1. The van der Waals surface area contributed by atoms with E-state index in [0.29, 0.717) is 25.9 Å². The molecule has 1 aromatic heterocycles. The number of hydrogen-bond acceptors (Lipinski definition) is 4. The summed E-state index contributed by atoms with van der Waals surface area (Å²) in [6, 6.07) is -0.199. The number of aromatic nitrogens is 1. The fourth-order valence-electron chi connectivity index (χ4n) is 2.29. The molecule has 0 aliphatic carbocycles. The molecule has 2 rings (SSSR count). The first-order chi connectivity index (χ1) is 9.08. The number of thiazole rings is 1. The number of aliphatic carboxylic acids is 1. The van der Waals surface area contributed by atoms with Crippen LogP contribution in [-0.2, 0) is 11.3 Å². The van der Waals surface area contributed by atoms with E-state index in [9.17, 15) is 9.59 Å². The molecule has 0 radical (unpaired) electrons. The van der Waals surface area contributed by atoms with Crippen molar-refractivity contribution in [2.24, 2.45) is 5.92 Å². The number of rotatable bonds is 3. The van der Waals surface area contributed by atoms with E-state index in [4.69, 9.17) is 5.11 Å². The molecule has 1 saturated heterocycles. The summed E-state index contributed by atoms with van der Waals surface area (Å²) in [5.41, 5.74) is 2.56. The zero-order valence-corrected chi connectivity index (χ0v) is 11.5. The molecule has 2 heterocycles. The van der Waals surface area contributed by atoms with Gasteiger partial charge in [0.25, 0.3) is 0 Å². The average Bonchev–Trinajstić information content (AvgIpc) is 2.88. The van der Waals surface area contributed by atoms with Gasteiger partial charge in [-0.3, -0.25) is 4.79 Å². The second kappa shape index (κ2) is 6.01. The molecule has 0 spiro atoms. The van der Waals surface area contributed by atoms with Gasteiger partial charge in [-0.1, -0.05) is 0 Å². The van der Waals surface area contributed by atoms with Gasteiger partial charge in [0, 0.05) is 18.0 Å². The van der Waals surface area contributed by atoms with E-state index in [1.807, 2.05) is 12.3 Å². The molecule has 19 heavy (non-hydrogen) atoms. The molecule has 1 aliphatic heterocycles. The first kappa shape index (κ1) is 13.8. The summed E-state index contributed by atoms with van der Waals surface area (Å²) in [4.78, 5) is 28.8. The number of likely N-dealkylation sites (tertiary alicyclic amines) is 1. The summed E-state index contributed by atoms with van der Waals surface area (Å²) in [6.45, 7) is 2.78. The Morgan fingerprint density at radius 2 is 2.42 bits per heavy atom. The van der Waals surface area contributed by atoms with E-state index in [2.05, 4.69) is 10.3 Å². The predicted molar refractivity (Wildman–Crippen MR) is 70.9 cm³/mol. The Balaban J connectivity index is 1.84. The van der Waals surface area contributed by atoms with Crippen molar-refractivity contribution in [1.82, 2.24) is 15.2 Å². The highest BCUT2D eigenvalue weighted by atomic mass is 32.1. The lowest BCUT2D eigenvalue weighted by atomic mass is 9.92. The Labute approximate surface area is 115 Å². The maximum absolute atomic E-state index is 12.0. The number of piperidine rings is 1. The highest BCUT2D eigenvalue weighted by Crippen LogP contribution is 2.22. The average molecular weight is 283 g/mol. The van der Waals surface area contributed by atoms with E-state index in [0.717, 1.165) is 5.69 Å². The van der Waals surface area contributed by atoms with E-state index in [1.54, 1.807) is 10.4 Å². The van der Waals surface area contributed by atoms with Gasteiger partial charge < -0.3 is 15.3 Å². The maximum atomic E-state index is 12.0. The van der Waals surface area contributed by atoms with E-state index >= 15 is 0 Å². The van der Waals surface area contributed by atoms with Crippen LogP contribution in [0.5, 0.6) is 0 Å². The van der Waals surface area contributed by atoms with Crippen molar-refractivity contribution in [3.05, 3.63) is 16.6 Å². The van der Waals surface area contributed by atoms with Gasteiger partial charge in [0.1, 0.15) is 0 Å². The third-order valence-corrected chi connectivity index (χ3v) is 4.03. The Bertz CT molecular complexity index is 449. The van der Waals surface area contributed by atoms with Gasteiger partial charge >= 0.3 is 12.0 Å². The Morgan fingerprint density at radius 3 is 3.00 bits per heavy atom. The third kappa shape index (κ3) is 3.44. The summed E-state index contributed by atoms with van der Waals surface area (Å²) in [5.74, 6) is -1.10. The highest BCUT2D eigenvalue weighted by molar-refractivity contribution is 7.07. The van der Waals surface area contributed by atoms with Crippen LogP contribution in [0.25, 0.3) is 0 Å². The number of urea groups is 1. The standard InChI is InChI=1S/C12H17N3O3S/c1-8-4-9(11(16)17)2-3-15(8)12(18)13-5-10-6-19-7-14-10/h6-9H,2-5H2,1H3,(H,13,18)(H,16,17). The largest absolute Gasteiger partial charge is 0.481 e. The molecule has 0 saturated carbocycles. The minimum absolute atomic E-state index is 0.0507. The Kier molecular flexibility index (Phi) is 4.36. The lowest BCUT2D eigenvalue weighted by molar-refractivity contribution is -0.143. The molecular weight excluding hydrogens is 266 g/mol. The first-order valence-corrected chi connectivity index (χ1v) is 7.16. The topological polar surface area (TPSA) is 82.5 Å². The van der Waals surface area contributed by atoms with E-state index in [-0.39, 0.29) is 18.0 Å². The first-order valence-electron chi connectivity index (χ1n) is 6.22. The predicted octanol–water partition coefficient (Wildman–Crippen LogP) is 1.54. The number of nitrogens with one attached hydrogen (secondary N) is 1. The molecule has 2 amide bonds. The second-order valence-corrected chi connectivity index (χ2v) is 5.46. The van der Waals surface area contributed by atoms with Crippen LogP contribution in [0.1, 0.15) is 25.5 Å². The van der Waals surface area contributed by atoms with Gasteiger partial charge in [-0.05, 0) is 19.8 Å². The van der Waals surface area contributed by atoms with Crippen LogP contribution >= 0.6 is 11.3 Å². The summed E-state index contributed by atoms with van der Waals surface area (Å²) >= 11 is 1.49. The summed E-state index contributed by atoms with van der Waals surface area (Å²) < 4.78 is 0. The summed E-state index contributed by atoms with van der Waals surface area (Å²) in [5, 5.41) is 13.7. The summed E-state index contributed by atoms with van der Waals surface area (Å²) in [6.07, 6.45) is 1.03. The molecule has 7 heteroatoms. The molecule has 2 unspecified atom stereocenters. The zero-order chi connectivity index (χ0) is 13.8. The Hall–Kier alpha value is -1.63. The van der Waals surface area contributed by atoms with Crippen molar-refractivity contribution in [1.29, 1.82) is 0 Å². The van der Waals surface area contributed by atoms with Crippen molar-refractivity contribution < 1.29 is 14.7 Å². The van der Waals surface area contributed by atoms with Crippen LogP contribution in [0.3, 0.4) is 0 Å². The van der Waals surface area contributed by atoms with Crippen LogP contribution in [-0.4, -0.2) is 39.6 Å². The van der Waals surface area contributed by atoms with Gasteiger partial charge in [0.05, 0.1) is 23.7 Å². The monoisotopic (exact) mass is 283 g/mol. The van der Waals surface area contributed by atoms with E-state index in [1.165, 1.54) is 11.3 Å². The fraction of sp³-hybridized carbons (Fsp3) is 0.583. The van der Waals surface area contributed by atoms with Crippen molar-refractivity contribution >= 4 is 23.3 Å². The maximum Gasteiger partial charge on any atom is 0.317 e. The molecule has 6 nitrogen and oxygen atoms in total. The zero-order valence-electron chi connectivity index (χ0n) is 10.7. The van der Waals surface area contributed by atoms with E-state index < -0.39 is 5.97 Å². The SMILES string of the molecule is CC1CC(C(=O)O)CCN1C(=O)NCc1cscn1. The number of hydrogen-bond donors (Lipinski definition) is 2. The highest BCUT2D eigenvalue weighted by Gasteiger charge is 2.32. The van der Waals surface area contributed by atoms with Crippen LogP contribution in [0.4, 0.5) is 4.79 Å². The van der Waals surface area contributed by atoms with Crippen molar-refractivity contribution in [2.45, 2.75) is 32.4 Å². The lowest BCUT2D eigenvalue weighted by Gasteiger charge is -2.36. The number of amides is 2. The molecule has 2 atom stereocenters. The Morgan fingerprint density at radius 1 is 1.63 bits per heavy atom. The smallest absolute Gasteiger partial charge is 0.317 e. The molecule has 2 N–H and O–H groups in total. The van der Waals surface area contributed by atoms with Crippen LogP contribution in [0.15, 0.2) is 10.9 Å². The quantitative estimate of drug-likeness (QED) is 0.881. The van der Waals surface area contributed by atoms with Crippen LogP contribution in [0.2, 0.25) is 0 Å². The molecule has 0 aromatic carbocycles. The summed E-state index contributed by atoms with van der Waals surface area (Å²) in [7, 11) is 0. The number of carbonyl (C=O) groups excluding carboxylic acids is 1. The number of carboxylic acid groups (broad SMARTS) is 1. The molecule has 1 fully saturated rings. The number of nitrogens with zero attached hydrogens (tertiary/aromatic N) is 2. The molecule has 104 valence electrons. The lowest BCUT2D eigenvalue weighted by Crippen LogP contribution is -2.50. The van der Waals surface area contributed by atoms with Gasteiger partial charge in [-0.2, -0.15) is 0 Å². The normalized spacial score (nSPS) is 23.1. The van der Waals surface area contributed by atoms with Crippen molar-refractivity contribution in [2.75, 3.05) is 6.54 Å². The molecule has 1 aliphatic rings. The van der Waals surface area contributed by atoms with Gasteiger partial charge in [0.15, 0.2) is 0 Å². The van der Waals surface area contributed by atoms with Gasteiger partial charge in [-0.15, -0.1) is 11.3 Å². The minimum Gasteiger partial charge on any atom is -0.481 e.